The highest BCUT2D eigenvalue weighted by molar-refractivity contribution is 6.05. The number of allylic oxidation sites excluding steroid dienone is 4. The zero-order chi connectivity index (χ0) is 19.8. The molecule has 0 amide bonds. The van der Waals surface area contributed by atoms with E-state index in [0.717, 1.165) is 22.5 Å². The van der Waals surface area contributed by atoms with Crippen molar-refractivity contribution in [2.45, 2.75) is 27.7 Å². The third kappa shape index (κ3) is 6.59. The van der Waals surface area contributed by atoms with Gasteiger partial charge in [-0.15, -0.1) is 0 Å². The molecule has 2 rings (SSSR count). The summed E-state index contributed by atoms with van der Waals surface area (Å²) >= 11 is 0. The van der Waals surface area contributed by atoms with Gasteiger partial charge >= 0.3 is 0 Å². The van der Waals surface area contributed by atoms with Crippen LogP contribution in [0.25, 0.3) is 0 Å². The van der Waals surface area contributed by atoms with Crippen LogP contribution < -0.4 is 10.6 Å². The van der Waals surface area contributed by atoms with E-state index in [9.17, 15) is 9.59 Å². The average Bonchev–Trinajstić information content (AvgIpc) is 2.62. The maximum Gasteiger partial charge on any atom is 0.187 e. The molecule has 0 spiro atoms. The molecule has 0 aliphatic carbocycles. The van der Waals surface area contributed by atoms with E-state index in [2.05, 4.69) is 10.6 Å². The second kappa shape index (κ2) is 9.53. The van der Waals surface area contributed by atoms with Crippen LogP contribution in [-0.2, 0) is 0 Å². The molecule has 4 heteroatoms. The van der Waals surface area contributed by atoms with Gasteiger partial charge in [-0.25, -0.2) is 0 Å². The molecule has 2 aromatic carbocycles. The lowest BCUT2D eigenvalue weighted by Crippen LogP contribution is -2.27. The van der Waals surface area contributed by atoms with Crippen molar-refractivity contribution in [3.8, 4) is 0 Å². The average molecular weight is 362 g/mol. The standard InChI is InChI=1S/C23H26N2O2/c1-16-5-9-20(10-6-16)22(26)13-18(3)24-15-25-19(4)14-23(27)21-11-7-17(2)8-12-21/h5-14,24-25H,15H2,1-4H3/b18-13+,19-14+. The van der Waals surface area contributed by atoms with Crippen LogP contribution in [0.4, 0.5) is 0 Å². The summed E-state index contributed by atoms with van der Waals surface area (Å²) in [5, 5.41) is 6.25. The van der Waals surface area contributed by atoms with Gasteiger partial charge in [-0.1, -0.05) is 59.7 Å². The lowest BCUT2D eigenvalue weighted by molar-refractivity contribution is 0.103. The predicted molar refractivity (Wildman–Crippen MR) is 110 cm³/mol. The smallest absolute Gasteiger partial charge is 0.187 e. The van der Waals surface area contributed by atoms with Crippen molar-refractivity contribution in [1.29, 1.82) is 0 Å². The Morgan fingerprint density at radius 2 is 1.04 bits per heavy atom. The van der Waals surface area contributed by atoms with Gasteiger partial charge in [0.05, 0.1) is 6.67 Å². The number of nitrogens with one attached hydrogen (secondary N) is 2. The van der Waals surface area contributed by atoms with Gasteiger partial charge in [-0.05, 0) is 27.7 Å². The van der Waals surface area contributed by atoms with Crippen LogP contribution >= 0.6 is 0 Å². The zero-order valence-corrected chi connectivity index (χ0v) is 16.3. The number of carbonyl (C=O) groups excluding carboxylic acids is 2. The van der Waals surface area contributed by atoms with Gasteiger partial charge in [0, 0.05) is 34.7 Å². The molecule has 0 aliphatic rings. The third-order valence-electron chi connectivity index (χ3n) is 4.10. The first-order chi connectivity index (χ1) is 12.8. The fraction of sp³-hybridized carbons (Fsp3) is 0.217. The van der Waals surface area contributed by atoms with E-state index < -0.39 is 0 Å². The van der Waals surface area contributed by atoms with Crippen LogP contribution in [0.15, 0.2) is 72.1 Å². The molecule has 0 saturated heterocycles. The summed E-state index contributed by atoms with van der Waals surface area (Å²) < 4.78 is 0. The zero-order valence-electron chi connectivity index (χ0n) is 16.3. The third-order valence-corrected chi connectivity index (χ3v) is 4.10. The molecule has 0 radical (unpaired) electrons. The lowest BCUT2D eigenvalue weighted by Gasteiger charge is -2.10. The molecular formula is C23H26N2O2. The number of rotatable bonds is 8. The molecule has 0 aliphatic heterocycles. The van der Waals surface area contributed by atoms with Crippen LogP contribution in [0.2, 0.25) is 0 Å². The number of hydrogen-bond donors (Lipinski definition) is 2. The minimum atomic E-state index is -0.0400. The summed E-state index contributed by atoms with van der Waals surface area (Å²) in [7, 11) is 0. The van der Waals surface area contributed by atoms with Crippen molar-refractivity contribution >= 4 is 11.6 Å². The molecule has 2 aromatic rings. The molecule has 27 heavy (non-hydrogen) atoms. The summed E-state index contributed by atoms with van der Waals surface area (Å²) in [6, 6.07) is 15.0. The summed E-state index contributed by atoms with van der Waals surface area (Å²) in [5.41, 5.74) is 5.08. The highest BCUT2D eigenvalue weighted by Crippen LogP contribution is 2.07. The Morgan fingerprint density at radius 1 is 0.704 bits per heavy atom. The van der Waals surface area contributed by atoms with E-state index in [-0.39, 0.29) is 11.6 Å². The van der Waals surface area contributed by atoms with Crippen LogP contribution in [0.3, 0.4) is 0 Å². The molecule has 0 bridgehead atoms. The summed E-state index contributed by atoms with van der Waals surface area (Å²) in [5.74, 6) is -0.0800. The molecule has 0 heterocycles. The quantitative estimate of drug-likeness (QED) is 0.417. The van der Waals surface area contributed by atoms with E-state index in [1.54, 1.807) is 12.2 Å². The topological polar surface area (TPSA) is 58.2 Å². The van der Waals surface area contributed by atoms with Gasteiger partial charge < -0.3 is 10.6 Å². The Kier molecular flexibility index (Phi) is 7.12. The van der Waals surface area contributed by atoms with Gasteiger partial charge in [0.2, 0.25) is 0 Å². The molecule has 0 atom stereocenters. The lowest BCUT2D eigenvalue weighted by atomic mass is 10.1. The van der Waals surface area contributed by atoms with Crippen molar-refractivity contribution < 1.29 is 9.59 Å². The summed E-state index contributed by atoms with van der Waals surface area (Å²) in [6.45, 7) is 8.07. The van der Waals surface area contributed by atoms with Gasteiger partial charge in [0.1, 0.15) is 0 Å². The highest BCUT2D eigenvalue weighted by atomic mass is 16.1. The van der Waals surface area contributed by atoms with E-state index in [1.165, 1.54) is 0 Å². The second-order valence-electron chi connectivity index (χ2n) is 6.65. The monoisotopic (exact) mass is 362 g/mol. The first kappa shape index (κ1) is 20.2. The number of benzene rings is 2. The van der Waals surface area contributed by atoms with E-state index in [4.69, 9.17) is 0 Å². The van der Waals surface area contributed by atoms with Crippen molar-refractivity contribution in [3.05, 3.63) is 94.3 Å². The fourth-order valence-electron chi connectivity index (χ4n) is 2.42. The van der Waals surface area contributed by atoms with Crippen molar-refractivity contribution in [1.82, 2.24) is 10.6 Å². The highest BCUT2D eigenvalue weighted by Gasteiger charge is 2.04. The normalized spacial score (nSPS) is 11.9. The Hall–Kier alpha value is -3.14. The molecule has 4 nitrogen and oxygen atoms in total. The van der Waals surface area contributed by atoms with Crippen molar-refractivity contribution in [2.24, 2.45) is 0 Å². The minimum Gasteiger partial charge on any atom is -0.371 e. The van der Waals surface area contributed by atoms with E-state index in [0.29, 0.717) is 17.8 Å². The number of ketones is 2. The van der Waals surface area contributed by atoms with Crippen LogP contribution in [0.1, 0.15) is 45.7 Å². The first-order valence-corrected chi connectivity index (χ1v) is 8.91. The number of carbonyl (C=O) groups is 2. The van der Waals surface area contributed by atoms with Gasteiger partial charge in [-0.3, -0.25) is 9.59 Å². The van der Waals surface area contributed by atoms with Crippen LogP contribution in [0.5, 0.6) is 0 Å². The molecule has 2 N–H and O–H groups in total. The minimum absolute atomic E-state index is 0.0400. The van der Waals surface area contributed by atoms with Crippen LogP contribution in [-0.4, -0.2) is 18.2 Å². The Morgan fingerprint density at radius 3 is 1.37 bits per heavy atom. The molecule has 0 fully saturated rings. The number of hydrogen-bond acceptors (Lipinski definition) is 4. The first-order valence-electron chi connectivity index (χ1n) is 8.91. The second-order valence-corrected chi connectivity index (χ2v) is 6.65. The Bertz CT molecular complexity index is 787. The maximum absolute atomic E-state index is 12.2. The molecule has 140 valence electrons. The number of aryl methyl sites for hydroxylation is 2. The summed E-state index contributed by atoms with van der Waals surface area (Å²) in [4.78, 5) is 24.4. The fourth-order valence-corrected chi connectivity index (χ4v) is 2.42. The van der Waals surface area contributed by atoms with Crippen molar-refractivity contribution in [2.75, 3.05) is 6.67 Å². The van der Waals surface area contributed by atoms with Gasteiger partial charge in [0.25, 0.3) is 0 Å². The predicted octanol–water partition coefficient (Wildman–Crippen LogP) is 4.31. The molecule has 0 saturated carbocycles. The SMILES string of the molecule is C/C(=C\C(=O)c1ccc(C)cc1)NCN/C(C)=C/C(=O)c1ccc(C)cc1. The van der Waals surface area contributed by atoms with E-state index in [1.807, 2.05) is 76.2 Å². The largest absolute Gasteiger partial charge is 0.371 e. The van der Waals surface area contributed by atoms with Crippen LogP contribution in [0, 0.1) is 13.8 Å². The van der Waals surface area contributed by atoms with Gasteiger partial charge in [0.15, 0.2) is 11.6 Å². The molecule has 0 aromatic heterocycles. The Labute approximate surface area is 161 Å². The molecular weight excluding hydrogens is 336 g/mol. The maximum atomic E-state index is 12.2. The van der Waals surface area contributed by atoms with Crippen molar-refractivity contribution in [3.63, 3.8) is 0 Å². The Balaban J connectivity index is 1.85. The molecule has 0 unspecified atom stereocenters. The summed E-state index contributed by atoms with van der Waals surface area (Å²) in [6.07, 6.45) is 3.14. The van der Waals surface area contributed by atoms with Gasteiger partial charge in [-0.2, -0.15) is 0 Å². The van der Waals surface area contributed by atoms with E-state index >= 15 is 0 Å².